The van der Waals surface area contributed by atoms with Crippen molar-refractivity contribution in [3.63, 3.8) is 0 Å². The molecule has 56 valence electrons. The predicted molar refractivity (Wildman–Crippen MR) is 41.2 cm³/mol. The number of unbranched alkanes of at least 4 members (excludes halogenated alkanes) is 2. The molecule has 0 aromatic rings. The summed E-state index contributed by atoms with van der Waals surface area (Å²) in [5.74, 6) is 0. The molecule has 0 spiro atoms. The van der Waals surface area contributed by atoms with Crippen molar-refractivity contribution in [2.75, 3.05) is 6.54 Å². The fraction of sp³-hybridized carbons (Fsp3) is 1.00. The van der Waals surface area contributed by atoms with Gasteiger partial charge >= 0.3 is 0 Å². The van der Waals surface area contributed by atoms with Gasteiger partial charge in [-0.25, -0.2) is 0 Å². The van der Waals surface area contributed by atoms with Gasteiger partial charge in [-0.2, -0.15) is 0 Å². The van der Waals surface area contributed by atoms with E-state index in [9.17, 15) is 0 Å². The molecule has 0 saturated carbocycles. The maximum atomic E-state index is 5.46. The second-order valence-electron chi connectivity index (χ2n) is 2.45. The smallest absolute Gasteiger partial charge is 0.0517 e. The van der Waals surface area contributed by atoms with Crippen LogP contribution in [0.1, 0.15) is 33.1 Å². The Morgan fingerprint density at radius 3 is 2.56 bits per heavy atom. The zero-order valence-electron chi connectivity index (χ0n) is 6.48. The van der Waals surface area contributed by atoms with Gasteiger partial charge in [0.25, 0.3) is 0 Å². The number of hydrogen-bond donors (Lipinski definition) is 2. The van der Waals surface area contributed by atoms with E-state index in [0.717, 1.165) is 6.54 Å². The molecule has 1 unspecified atom stereocenters. The maximum Gasteiger partial charge on any atom is 0.0517 e. The largest absolute Gasteiger partial charge is 0.316 e. The highest BCUT2D eigenvalue weighted by Gasteiger charge is 1.89. The molecular weight excluding hydrogens is 112 g/mol. The average molecular weight is 130 g/mol. The van der Waals surface area contributed by atoms with E-state index in [-0.39, 0.29) is 6.17 Å². The second kappa shape index (κ2) is 6.05. The molecule has 0 heterocycles. The topological polar surface area (TPSA) is 38.0 Å². The van der Waals surface area contributed by atoms with Crippen molar-refractivity contribution in [1.29, 1.82) is 0 Å². The van der Waals surface area contributed by atoms with Crippen LogP contribution in [0.4, 0.5) is 0 Å². The molecule has 0 saturated heterocycles. The Morgan fingerprint density at radius 1 is 1.44 bits per heavy atom. The molecular formula is C7H18N2. The van der Waals surface area contributed by atoms with Crippen molar-refractivity contribution < 1.29 is 0 Å². The summed E-state index contributed by atoms with van der Waals surface area (Å²) in [6.45, 7) is 5.23. The van der Waals surface area contributed by atoms with Gasteiger partial charge < -0.3 is 11.1 Å². The second-order valence-corrected chi connectivity index (χ2v) is 2.45. The molecule has 2 nitrogen and oxygen atoms in total. The van der Waals surface area contributed by atoms with Crippen molar-refractivity contribution in [1.82, 2.24) is 5.32 Å². The first-order valence-electron chi connectivity index (χ1n) is 3.76. The Hall–Kier alpha value is -0.0800. The van der Waals surface area contributed by atoms with Gasteiger partial charge in [0.2, 0.25) is 0 Å². The molecule has 0 fully saturated rings. The minimum atomic E-state index is 0.154. The summed E-state index contributed by atoms with van der Waals surface area (Å²) in [5.41, 5.74) is 5.46. The number of nitrogens with one attached hydrogen (secondary N) is 1. The van der Waals surface area contributed by atoms with Crippen LogP contribution in [-0.4, -0.2) is 12.7 Å². The first-order chi connectivity index (χ1) is 4.27. The lowest BCUT2D eigenvalue weighted by Gasteiger charge is -2.06. The quantitative estimate of drug-likeness (QED) is 0.431. The van der Waals surface area contributed by atoms with Crippen molar-refractivity contribution in [2.45, 2.75) is 39.3 Å². The molecule has 2 heteroatoms. The van der Waals surface area contributed by atoms with Gasteiger partial charge in [-0.05, 0) is 19.9 Å². The molecule has 0 aliphatic rings. The molecule has 0 aromatic carbocycles. The van der Waals surface area contributed by atoms with Gasteiger partial charge in [0.05, 0.1) is 6.17 Å². The molecule has 0 amide bonds. The Labute approximate surface area is 57.8 Å². The average Bonchev–Trinajstić information content (AvgIpc) is 1.80. The lowest BCUT2D eigenvalue weighted by atomic mass is 10.2. The summed E-state index contributed by atoms with van der Waals surface area (Å²) < 4.78 is 0. The van der Waals surface area contributed by atoms with Crippen molar-refractivity contribution >= 4 is 0 Å². The minimum absolute atomic E-state index is 0.154. The van der Waals surface area contributed by atoms with Crippen molar-refractivity contribution in [3.05, 3.63) is 0 Å². The number of rotatable bonds is 5. The van der Waals surface area contributed by atoms with E-state index in [4.69, 9.17) is 5.73 Å². The van der Waals surface area contributed by atoms with E-state index in [1.807, 2.05) is 6.92 Å². The van der Waals surface area contributed by atoms with Crippen LogP contribution in [0, 0.1) is 0 Å². The van der Waals surface area contributed by atoms with Crippen LogP contribution < -0.4 is 11.1 Å². The Kier molecular flexibility index (Phi) is 5.99. The molecule has 9 heavy (non-hydrogen) atoms. The third kappa shape index (κ3) is 7.92. The number of nitrogens with two attached hydrogens (primary N) is 1. The minimum Gasteiger partial charge on any atom is -0.316 e. The van der Waals surface area contributed by atoms with Crippen molar-refractivity contribution in [3.8, 4) is 0 Å². The monoisotopic (exact) mass is 130 g/mol. The normalized spacial score (nSPS) is 13.7. The van der Waals surface area contributed by atoms with E-state index >= 15 is 0 Å². The highest BCUT2D eigenvalue weighted by molar-refractivity contribution is 4.50. The van der Waals surface area contributed by atoms with E-state index in [2.05, 4.69) is 12.2 Å². The third-order valence-electron chi connectivity index (χ3n) is 1.25. The third-order valence-corrected chi connectivity index (χ3v) is 1.25. The van der Waals surface area contributed by atoms with Gasteiger partial charge in [0, 0.05) is 0 Å². The first-order valence-corrected chi connectivity index (χ1v) is 3.76. The molecule has 3 N–H and O–H groups in total. The SMILES string of the molecule is CCCCCNC(C)N. The van der Waals surface area contributed by atoms with Crippen LogP contribution >= 0.6 is 0 Å². The lowest BCUT2D eigenvalue weighted by Crippen LogP contribution is -2.34. The van der Waals surface area contributed by atoms with Crippen molar-refractivity contribution in [2.24, 2.45) is 5.73 Å². The maximum absolute atomic E-state index is 5.46. The van der Waals surface area contributed by atoms with E-state index < -0.39 is 0 Å². The Morgan fingerprint density at radius 2 is 2.11 bits per heavy atom. The van der Waals surface area contributed by atoms with Gasteiger partial charge in [0.1, 0.15) is 0 Å². The molecule has 0 aliphatic heterocycles. The summed E-state index contributed by atoms with van der Waals surface area (Å²) >= 11 is 0. The summed E-state index contributed by atoms with van der Waals surface area (Å²) in [6.07, 6.45) is 3.99. The van der Waals surface area contributed by atoms with Crippen LogP contribution in [0.2, 0.25) is 0 Å². The van der Waals surface area contributed by atoms with E-state index in [1.165, 1.54) is 19.3 Å². The highest BCUT2D eigenvalue weighted by atomic mass is 15.0. The highest BCUT2D eigenvalue weighted by Crippen LogP contribution is 1.90. The predicted octanol–water partition coefficient (Wildman–Crippen LogP) is 1.07. The first kappa shape index (κ1) is 8.92. The van der Waals surface area contributed by atoms with Crippen LogP contribution in [0.5, 0.6) is 0 Å². The van der Waals surface area contributed by atoms with Crippen LogP contribution in [0.3, 0.4) is 0 Å². The molecule has 0 rings (SSSR count). The van der Waals surface area contributed by atoms with E-state index in [1.54, 1.807) is 0 Å². The summed E-state index contributed by atoms with van der Waals surface area (Å²) in [7, 11) is 0. The fourth-order valence-electron chi connectivity index (χ4n) is 0.705. The van der Waals surface area contributed by atoms with Crippen LogP contribution in [0.25, 0.3) is 0 Å². The standard InChI is InChI=1S/C7H18N2/c1-3-4-5-6-9-7(2)8/h7,9H,3-6,8H2,1-2H3. The van der Waals surface area contributed by atoms with Gasteiger partial charge in [-0.1, -0.05) is 19.8 Å². The summed E-state index contributed by atoms with van der Waals surface area (Å²) in [6, 6.07) is 0. The van der Waals surface area contributed by atoms with E-state index in [0.29, 0.717) is 0 Å². The Balaban J connectivity index is 2.75. The van der Waals surface area contributed by atoms with Gasteiger partial charge in [-0.15, -0.1) is 0 Å². The fourth-order valence-corrected chi connectivity index (χ4v) is 0.705. The van der Waals surface area contributed by atoms with Gasteiger partial charge in [-0.3, -0.25) is 0 Å². The molecule has 0 aromatic heterocycles. The molecule has 1 atom stereocenters. The number of hydrogen-bond acceptors (Lipinski definition) is 2. The molecule has 0 aliphatic carbocycles. The molecule has 0 radical (unpaired) electrons. The molecule has 0 bridgehead atoms. The van der Waals surface area contributed by atoms with Crippen LogP contribution in [-0.2, 0) is 0 Å². The lowest BCUT2D eigenvalue weighted by molar-refractivity contribution is 0.539. The summed E-state index contributed by atoms with van der Waals surface area (Å²) in [4.78, 5) is 0. The Bertz CT molecular complexity index is 52.9. The summed E-state index contributed by atoms with van der Waals surface area (Å²) in [5, 5.41) is 3.16. The van der Waals surface area contributed by atoms with Crippen LogP contribution in [0.15, 0.2) is 0 Å². The zero-order chi connectivity index (χ0) is 7.11. The van der Waals surface area contributed by atoms with Gasteiger partial charge in [0.15, 0.2) is 0 Å². The zero-order valence-corrected chi connectivity index (χ0v) is 6.48.